The Hall–Kier alpha value is -2.87. The number of ketones is 1. The van der Waals surface area contributed by atoms with E-state index in [-0.39, 0.29) is 28.6 Å². The van der Waals surface area contributed by atoms with Crippen molar-refractivity contribution in [2.24, 2.45) is 5.14 Å². The maximum atomic E-state index is 12.1. The van der Waals surface area contributed by atoms with E-state index >= 15 is 0 Å². The summed E-state index contributed by atoms with van der Waals surface area (Å²) in [6.07, 6.45) is -0.413. The first-order chi connectivity index (χ1) is 15.1. The van der Waals surface area contributed by atoms with E-state index in [1.807, 2.05) is 0 Å². The van der Waals surface area contributed by atoms with Crippen molar-refractivity contribution in [2.45, 2.75) is 23.1 Å². The second-order valence-electron chi connectivity index (χ2n) is 6.50. The Labute approximate surface area is 196 Å². The van der Waals surface area contributed by atoms with Crippen molar-refractivity contribution in [3.63, 3.8) is 0 Å². The average molecular weight is 498 g/mol. The molecule has 0 aliphatic rings. The van der Waals surface area contributed by atoms with E-state index in [0.717, 1.165) is 0 Å². The lowest BCUT2D eigenvalue weighted by molar-refractivity contribution is -0.128. The Balaban J connectivity index is 1.72. The number of nitrogens with two attached hydrogens (primary N) is 1. The first kappa shape index (κ1) is 25.4. The summed E-state index contributed by atoms with van der Waals surface area (Å²) in [6.45, 7) is 0. The van der Waals surface area contributed by atoms with Crippen LogP contribution < -0.4 is 31.4 Å². The van der Waals surface area contributed by atoms with E-state index < -0.39 is 21.3 Å². The van der Waals surface area contributed by atoms with Gasteiger partial charge in [0.1, 0.15) is 11.5 Å². The fraction of sp³-hybridized carbons (Fsp3) is 0.211. The minimum Gasteiger partial charge on any atom is -0.497 e. The molecule has 10 nitrogen and oxygen atoms in total. The molecule has 1 unspecified atom stereocenters. The highest BCUT2D eigenvalue weighted by molar-refractivity contribution is 7.89. The van der Waals surface area contributed by atoms with Crippen LogP contribution in [0.1, 0.15) is 12.8 Å². The highest BCUT2D eigenvalue weighted by Gasteiger charge is 2.15. The van der Waals surface area contributed by atoms with Gasteiger partial charge in [-0.25, -0.2) is 13.6 Å². The van der Waals surface area contributed by atoms with Crippen molar-refractivity contribution in [3.8, 4) is 5.75 Å². The number of ether oxygens (including phenoxy) is 1. The molecule has 2 aromatic carbocycles. The molecule has 1 amide bonds. The van der Waals surface area contributed by atoms with Gasteiger partial charge in [-0.1, -0.05) is 0 Å². The smallest absolute Gasteiger partial charge is 0.245 e. The van der Waals surface area contributed by atoms with Gasteiger partial charge >= 0.3 is 0 Å². The molecule has 2 rings (SSSR count). The normalized spacial score (nSPS) is 11.7. The van der Waals surface area contributed by atoms with Gasteiger partial charge < -0.3 is 15.4 Å². The summed E-state index contributed by atoms with van der Waals surface area (Å²) < 4.78 is 27.6. The molecule has 0 fully saturated rings. The van der Waals surface area contributed by atoms with Crippen molar-refractivity contribution in [1.29, 1.82) is 0 Å². The summed E-state index contributed by atoms with van der Waals surface area (Å²) in [5.41, 5.74) is 6.10. The van der Waals surface area contributed by atoms with E-state index in [1.165, 1.54) is 24.3 Å². The van der Waals surface area contributed by atoms with Gasteiger partial charge in [-0.2, -0.15) is 12.6 Å². The number of hydrogen-bond donors (Lipinski definition) is 6. The largest absolute Gasteiger partial charge is 0.497 e. The molecule has 0 aliphatic carbocycles. The molecule has 13 heteroatoms. The number of thiol groups is 1. The fourth-order valence-corrected chi connectivity index (χ4v) is 3.50. The lowest BCUT2D eigenvalue weighted by atomic mass is 10.2. The topological polar surface area (TPSA) is 152 Å². The van der Waals surface area contributed by atoms with E-state index in [9.17, 15) is 18.0 Å². The lowest BCUT2D eigenvalue weighted by Crippen LogP contribution is -2.44. The van der Waals surface area contributed by atoms with Crippen LogP contribution in [0.15, 0.2) is 53.4 Å². The zero-order valence-electron chi connectivity index (χ0n) is 17.0. The van der Waals surface area contributed by atoms with Gasteiger partial charge in [0.25, 0.3) is 0 Å². The molecule has 0 heterocycles. The van der Waals surface area contributed by atoms with Gasteiger partial charge in [-0.3, -0.25) is 20.4 Å². The lowest BCUT2D eigenvalue weighted by Gasteiger charge is -2.14. The van der Waals surface area contributed by atoms with Crippen molar-refractivity contribution < 1.29 is 22.7 Å². The summed E-state index contributed by atoms with van der Waals surface area (Å²) in [6, 6.07) is 12.7. The van der Waals surface area contributed by atoms with Gasteiger partial charge in [0.15, 0.2) is 5.11 Å². The number of Topliss-reactive ketones (excluding diaryl/α,β-unsaturated/α-hetero) is 1. The number of carbonyl (C=O) groups is 2. The predicted molar refractivity (Wildman–Crippen MR) is 129 cm³/mol. The van der Waals surface area contributed by atoms with Crippen LogP contribution in [0.2, 0.25) is 0 Å². The molecule has 0 saturated heterocycles. The van der Waals surface area contributed by atoms with Gasteiger partial charge in [0.2, 0.25) is 15.9 Å². The Kier molecular flexibility index (Phi) is 9.26. The molecule has 32 heavy (non-hydrogen) atoms. The standard InChI is InChI=1S/C19H23N5O5S3/c1-29-15-6-2-13(3-7-15)22-19(31)24-23-17(26)10-14(25)11-18(30)21-12-4-8-16(9-5-12)32(20,27)28/h2-9,18,21,30H,10-11H2,1H3,(H,23,26)(H2,20,27,28)(H2,22,24,31). The molecule has 6 N–H and O–H groups in total. The van der Waals surface area contributed by atoms with Crippen LogP contribution in [0.4, 0.5) is 11.4 Å². The van der Waals surface area contributed by atoms with Crippen LogP contribution in [-0.2, 0) is 19.6 Å². The molecule has 1 atom stereocenters. The Morgan fingerprint density at radius 3 is 2.22 bits per heavy atom. The van der Waals surface area contributed by atoms with Crippen LogP contribution in [-0.4, -0.2) is 37.7 Å². The molecule has 0 saturated carbocycles. The van der Waals surface area contributed by atoms with E-state index in [2.05, 4.69) is 34.1 Å². The SMILES string of the molecule is COc1ccc(NC(=S)NNC(=O)CC(=O)CC(S)Nc2ccc(S(N)(=O)=O)cc2)cc1. The van der Waals surface area contributed by atoms with Crippen LogP contribution in [0.25, 0.3) is 0 Å². The molecule has 0 bridgehead atoms. The number of hydrazine groups is 1. The minimum atomic E-state index is -3.78. The number of anilines is 2. The second-order valence-corrected chi connectivity index (χ2v) is 9.10. The number of primary sulfonamides is 1. The number of carbonyl (C=O) groups excluding carboxylic acids is 2. The van der Waals surface area contributed by atoms with Crippen LogP contribution in [0.5, 0.6) is 5.75 Å². The Morgan fingerprint density at radius 1 is 1.06 bits per heavy atom. The quantitative estimate of drug-likeness (QED) is 0.0992. The maximum absolute atomic E-state index is 12.1. The third kappa shape index (κ3) is 8.70. The molecule has 0 aromatic heterocycles. The molecular formula is C19H23N5O5S3. The van der Waals surface area contributed by atoms with Crippen LogP contribution in [0.3, 0.4) is 0 Å². The van der Waals surface area contributed by atoms with Gasteiger partial charge in [-0.15, -0.1) is 0 Å². The Bertz CT molecular complexity index is 1060. The summed E-state index contributed by atoms with van der Waals surface area (Å²) >= 11 is 9.36. The predicted octanol–water partition coefficient (Wildman–Crippen LogP) is 1.38. The number of hydrogen-bond acceptors (Lipinski definition) is 8. The van der Waals surface area contributed by atoms with Crippen LogP contribution >= 0.6 is 24.8 Å². The van der Waals surface area contributed by atoms with E-state index in [4.69, 9.17) is 22.1 Å². The fourth-order valence-electron chi connectivity index (χ4n) is 2.46. The summed E-state index contributed by atoms with van der Waals surface area (Å²) in [5.74, 6) is -0.224. The highest BCUT2D eigenvalue weighted by atomic mass is 32.2. The van der Waals surface area contributed by atoms with Gasteiger partial charge in [0.05, 0.1) is 23.8 Å². The van der Waals surface area contributed by atoms with Crippen molar-refractivity contribution in [2.75, 3.05) is 17.7 Å². The molecule has 0 aliphatic heterocycles. The maximum Gasteiger partial charge on any atom is 0.245 e. The zero-order chi connectivity index (χ0) is 23.7. The summed E-state index contributed by atoms with van der Waals surface area (Å²) in [7, 11) is -2.22. The first-order valence-corrected chi connectivity index (χ1v) is 11.6. The molecule has 0 spiro atoms. The van der Waals surface area contributed by atoms with E-state index in [1.54, 1.807) is 31.4 Å². The van der Waals surface area contributed by atoms with Gasteiger partial charge in [-0.05, 0) is 60.7 Å². The number of rotatable bonds is 9. The third-order valence-corrected chi connectivity index (χ3v) is 5.40. The monoisotopic (exact) mass is 497 g/mol. The molecule has 0 radical (unpaired) electrons. The molecule has 2 aromatic rings. The highest BCUT2D eigenvalue weighted by Crippen LogP contribution is 2.16. The number of sulfonamides is 1. The summed E-state index contributed by atoms with van der Waals surface area (Å²) in [5, 5.41) is 10.4. The average Bonchev–Trinajstić information content (AvgIpc) is 2.72. The van der Waals surface area contributed by atoms with Crippen molar-refractivity contribution in [1.82, 2.24) is 10.9 Å². The van der Waals surface area contributed by atoms with Crippen LogP contribution in [0, 0.1) is 0 Å². The number of thiocarbonyl (C=S) groups is 1. The number of benzene rings is 2. The van der Waals surface area contributed by atoms with Crippen molar-refractivity contribution >= 4 is 63.0 Å². The number of methoxy groups -OCH3 is 1. The zero-order valence-corrected chi connectivity index (χ0v) is 19.5. The van der Waals surface area contributed by atoms with E-state index in [0.29, 0.717) is 17.1 Å². The minimum absolute atomic E-state index is 0.0293. The Morgan fingerprint density at radius 2 is 1.66 bits per heavy atom. The van der Waals surface area contributed by atoms with Crippen molar-refractivity contribution in [3.05, 3.63) is 48.5 Å². The van der Waals surface area contributed by atoms with Gasteiger partial charge in [0, 0.05) is 17.8 Å². The molecular weight excluding hydrogens is 474 g/mol. The summed E-state index contributed by atoms with van der Waals surface area (Å²) in [4.78, 5) is 24.0. The number of amides is 1. The third-order valence-electron chi connectivity index (χ3n) is 3.96. The number of nitrogens with one attached hydrogen (secondary N) is 4. The second kappa shape index (κ2) is 11.7. The first-order valence-electron chi connectivity index (χ1n) is 9.16. The molecule has 172 valence electrons.